The summed E-state index contributed by atoms with van der Waals surface area (Å²) in [6, 6.07) is 4.03. The predicted molar refractivity (Wildman–Crippen MR) is 73.5 cm³/mol. The Morgan fingerprint density at radius 2 is 2.32 bits per heavy atom. The van der Waals surface area contributed by atoms with Crippen LogP contribution in [0.1, 0.15) is 35.3 Å². The molecule has 2 aromatic rings. The molecule has 0 aliphatic carbocycles. The van der Waals surface area contributed by atoms with Crippen molar-refractivity contribution in [1.29, 1.82) is 0 Å². The number of rotatable bonds is 6. The zero-order chi connectivity index (χ0) is 13.7. The van der Waals surface area contributed by atoms with Gasteiger partial charge in [-0.1, -0.05) is 25.1 Å². The first-order chi connectivity index (χ1) is 9.16. The van der Waals surface area contributed by atoms with Crippen LogP contribution in [0, 0.1) is 0 Å². The summed E-state index contributed by atoms with van der Waals surface area (Å²) in [5, 5.41) is 11.5. The van der Waals surface area contributed by atoms with Crippen LogP contribution in [0.4, 0.5) is 6.01 Å². The van der Waals surface area contributed by atoms with Gasteiger partial charge in [0.15, 0.2) is 5.82 Å². The van der Waals surface area contributed by atoms with E-state index >= 15 is 0 Å². The highest BCUT2D eigenvalue weighted by molar-refractivity contribution is 7.12. The maximum absolute atomic E-state index is 11.6. The highest BCUT2D eigenvalue weighted by atomic mass is 32.1. The van der Waals surface area contributed by atoms with Crippen LogP contribution in [0.3, 0.4) is 0 Å². The number of nitrogens with zero attached hydrogens (tertiary/aromatic N) is 2. The second-order valence-electron chi connectivity index (χ2n) is 4.27. The lowest BCUT2D eigenvalue weighted by Gasteiger charge is -2.03. The summed E-state index contributed by atoms with van der Waals surface area (Å²) in [6.07, 6.45) is 0. The predicted octanol–water partition coefficient (Wildman–Crippen LogP) is 2.10. The van der Waals surface area contributed by atoms with Crippen molar-refractivity contribution in [1.82, 2.24) is 15.5 Å². The normalized spacial score (nSPS) is 10.7. The molecule has 0 spiro atoms. The van der Waals surface area contributed by atoms with Crippen molar-refractivity contribution in [2.24, 2.45) is 0 Å². The largest absolute Gasteiger partial charge is 0.350 e. The number of hydrogen-bond acceptors (Lipinski definition) is 6. The zero-order valence-electron chi connectivity index (χ0n) is 10.8. The van der Waals surface area contributed by atoms with Crippen LogP contribution in [0.15, 0.2) is 22.0 Å². The Labute approximate surface area is 115 Å². The molecule has 6 nitrogen and oxygen atoms in total. The molecule has 19 heavy (non-hydrogen) atoms. The van der Waals surface area contributed by atoms with Gasteiger partial charge in [0.25, 0.3) is 5.91 Å². The molecule has 0 saturated carbocycles. The van der Waals surface area contributed by atoms with Crippen molar-refractivity contribution < 1.29 is 9.32 Å². The molecule has 2 N–H and O–H groups in total. The van der Waals surface area contributed by atoms with E-state index in [1.54, 1.807) is 6.07 Å². The van der Waals surface area contributed by atoms with Gasteiger partial charge >= 0.3 is 6.01 Å². The number of carbonyl (C=O) groups is 1. The van der Waals surface area contributed by atoms with E-state index in [0.717, 1.165) is 0 Å². The van der Waals surface area contributed by atoms with Crippen LogP contribution in [0.25, 0.3) is 0 Å². The Balaban J connectivity index is 1.70. The topological polar surface area (TPSA) is 80.0 Å². The molecule has 0 aromatic carbocycles. The number of amides is 1. The van der Waals surface area contributed by atoms with Gasteiger partial charge in [-0.3, -0.25) is 4.79 Å². The molecule has 7 heteroatoms. The average molecular weight is 280 g/mol. The number of aromatic nitrogens is 2. The molecule has 2 rings (SSSR count). The molecule has 2 heterocycles. The molecule has 0 radical (unpaired) electrons. The van der Waals surface area contributed by atoms with E-state index in [-0.39, 0.29) is 11.8 Å². The van der Waals surface area contributed by atoms with Gasteiger partial charge in [-0.05, 0) is 11.4 Å². The van der Waals surface area contributed by atoms with Gasteiger partial charge in [0.1, 0.15) is 0 Å². The summed E-state index contributed by atoms with van der Waals surface area (Å²) in [6.45, 7) is 5.03. The molecule has 0 fully saturated rings. The Morgan fingerprint density at radius 1 is 1.47 bits per heavy atom. The fourth-order valence-electron chi connectivity index (χ4n) is 1.38. The van der Waals surface area contributed by atoms with Crippen LogP contribution in [0.5, 0.6) is 0 Å². The van der Waals surface area contributed by atoms with Crippen molar-refractivity contribution in [2.75, 3.05) is 18.4 Å². The Bertz CT molecular complexity index is 522. The molecule has 0 atom stereocenters. The monoisotopic (exact) mass is 280 g/mol. The molecular formula is C12H16N4O2S. The second kappa shape index (κ2) is 6.33. The zero-order valence-corrected chi connectivity index (χ0v) is 11.7. The third-order valence-corrected chi connectivity index (χ3v) is 3.26. The molecule has 102 valence electrons. The fourth-order valence-corrected chi connectivity index (χ4v) is 2.02. The molecule has 0 unspecified atom stereocenters. The first-order valence-corrected chi connectivity index (χ1v) is 6.94. The summed E-state index contributed by atoms with van der Waals surface area (Å²) < 4.78 is 5.02. The maximum Gasteiger partial charge on any atom is 0.321 e. The summed E-state index contributed by atoms with van der Waals surface area (Å²) in [5.41, 5.74) is 0. The van der Waals surface area contributed by atoms with Gasteiger partial charge in [-0.25, -0.2) is 0 Å². The second-order valence-corrected chi connectivity index (χ2v) is 5.22. The van der Waals surface area contributed by atoms with Crippen molar-refractivity contribution in [2.45, 2.75) is 19.8 Å². The van der Waals surface area contributed by atoms with Crippen LogP contribution in [0.2, 0.25) is 0 Å². The van der Waals surface area contributed by atoms with Crippen molar-refractivity contribution in [3.05, 3.63) is 28.2 Å². The summed E-state index contributed by atoms with van der Waals surface area (Å²) in [7, 11) is 0. The fraction of sp³-hybridized carbons (Fsp3) is 0.417. The smallest absolute Gasteiger partial charge is 0.321 e. The van der Waals surface area contributed by atoms with E-state index in [0.29, 0.717) is 29.8 Å². The van der Waals surface area contributed by atoms with Gasteiger partial charge in [0.05, 0.1) is 4.88 Å². The Hall–Kier alpha value is -1.89. The summed E-state index contributed by atoms with van der Waals surface area (Å²) in [4.78, 5) is 16.5. The van der Waals surface area contributed by atoms with Crippen LogP contribution >= 0.6 is 11.3 Å². The molecule has 0 aliphatic rings. The van der Waals surface area contributed by atoms with Gasteiger partial charge in [0.2, 0.25) is 0 Å². The van der Waals surface area contributed by atoms with E-state index in [4.69, 9.17) is 4.52 Å². The third kappa shape index (κ3) is 3.78. The maximum atomic E-state index is 11.6. The van der Waals surface area contributed by atoms with Gasteiger partial charge < -0.3 is 15.2 Å². The van der Waals surface area contributed by atoms with Gasteiger partial charge in [-0.15, -0.1) is 11.3 Å². The molecule has 0 saturated heterocycles. The minimum absolute atomic E-state index is 0.0646. The first kappa shape index (κ1) is 13.5. The number of thiophene rings is 1. The highest BCUT2D eigenvalue weighted by Gasteiger charge is 2.09. The lowest BCUT2D eigenvalue weighted by molar-refractivity contribution is 0.0959. The van der Waals surface area contributed by atoms with Crippen LogP contribution in [-0.4, -0.2) is 29.1 Å². The van der Waals surface area contributed by atoms with E-state index in [9.17, 15) is 4.79 Å². The molecule has 1 amide bonds. The average Bonchev–Trinajstić information content (AvgIpc) is 3.05. The van der Waals surface area contributed by atoms with Crippen molar-refractivity contribution in [3.63, 3.8) is 0 Å². The Kier molecular flexibility index (Phi) is 4.51. The van der Waals surface area contributed by atoms with Gasteiger partial charge in [0, 0.05) is 19.0 Å². The first-order valence-electron chi connectivity index (χ1n) is 6.06. The SMILES string of the molecule is CC(C)c1noc(NCCNC(=O)c2cccs2)n1. The van der Waals surface area contributed by atoms with E-state index in [1.165, 1.54) is 11.3 Å². The van der Waals surface area contributed by atoms with Crippen molar-refractivity contribution >= 4 is 23.3 Å². The molecule has 0 bridgehead atoms. The van der Waals surface area contributed by atoms with Crippen molar-refractivity contribution in [3.8, 4) is 0 Å². The lowest BCUT2D eigenvalue weighted by atomic mass is 10.2. The highest BCUT2D eigenvalue weighted by Crippen LogP contribution is 2.12. The van der Waals surface area contributed by atoms with Crippen LogP contribution in [-0.2, 0) is 0 Å². The number of anilines is 1. The molecule has 0 aliphatic heterocycles. The van der Waals surface area contributed by atoms with E-state index < -0.39 is 0 Å². The van der Waals surface area contributed by atoms with Gasteiger partial charge in [-0.2, -0.15) is 4.98 Å². The molecular weight excluding hydrogens is 264 g/mol. The molecule has 2 aromatic heterocycles. The quantitative estimate of drug-likeness (QED) is 0.792. The van der Waals surface area contributed by atoms with Crippen LogP contribution < -0.4 is 10.6 Å². The van der Waals surface area contributed by atoms with E-state index in [2.05, 4.69) is 20.8 Å². The number of hydrogen-bond donors (Lipinski definition) is 2. The number of carbonyl (C=O) groups excluding carboxylic acids is 1. The minimum Gasteiger partial charge on any atom is -0.350 e. The van der Waals surface area contributed by atoms with E-state index in [1.807, 2.05) is 25.3 Å². The standard InChI is InChI=1S/C12H16N4O2S/c1-8(2)10-15-12(18-16-10)14-6-5-13-11(17)9-4-3-7-19-9/h3-4,7-8H,5-6H2,1-2H3,(H,13,17)(H,14,15,16). The Morgan fingerprint density at radius 3 is 2.95 bits per heavy atom. The summed E-state index contributed by atoms with van der Waals surface area (Å²) in [5.74, 6) is 0.841. The summed E-state index contributed by atoms with van der Waals surface area (Å²) >= 11 is 1.42. The third-order valence-electron chi connectivity index (χ3n) is 2.39. The minimum atomic E-state index is -0.0646. The number of nitrogens with one attached hydrogen (secondary N) is 2. The lowest BCUT2D eigenvalue weighted by Crippen LogP contribution is -2.28.